The summed E-state index contributed by atoms with van der Waals surface area (Å²) in [4.78, 5) is 2.56. The first kappa shape index (κ1) is 16.3. The zero-order valence-electron chi connectivity index (χ0n) is 13.1. The van der Waals surface area contributed by atoms with Crippen LogP contribution in [0.3, 0.4) is 0 Å². The molecule has 0 saturated carbocycles. The molecule has 0 aliphatic heterocycles. The molecule has 1 rings (SSSR count). The van der Waals surface area contributed by atoms with Crippen molar-refractivity contribution in [2.45, 2.75) is 59.5 Å². The summed E-state index contributed by atoms with van der Waals surface area (Å²) in [6.45, 7) is 10.8. The van der Waals surface area contributed by atoms with Crippen molar-refractivity contribution >= 4 is 0 Å². The quantitative estimate of drug-likeness (QED) is 0.700. The summed E-state index contributed by atoms with van der Waals surface area (Å²) in [5.41, 5.74) is 1.34. The Labute approximate surface area is 118 Å². The topological polar surface area (TPSA) is 28.4 Å². The molecule has 0 aliphatic carbocycles. The second-order valence-corrected chi connectivity index (χ2v) is 5.31. The van der Waals surface area contributed by atoms with E-state index in [1.807, 2.05) is 7.05 Å². The van der Waals surface area contributed by atoms with Crippen molar-refractivity contribution in [2.75, 3.05) is 20.1 Å². The molecule has 1 aromatic rings. The number of furan rings is 1. The molecule has 110 valence electrons. The highest BCUT2D eigenvalue weighted by Crippen LogP contribution is 2.17. The first-order valence-corrected chi connectivity index (χ1v) is 7.66. The van der Waals surface area contributed by atoms with Gasteiger partial charge in [0.15, 0.2) is 0 Å². The van der Waals surface area contributed by atoms with E-state index < -0.39 is 0 Å². The van der Waals surface area contributed by atoms with Crippen LogP contribution in [0.2, 0.25) is 0 Å². The second kappa shape index (κ2) is 9.16. The van der Waals surface area contributed by atoms with Gasteiger partial charge in [-0.15, -0.1) is 0 Å². The van der Waals surface area contributed by atoms with Crippen LogP contribution in [0.4, 0.5) is 0 Å². The van der Waals surface area contributed by atoms with E-state index in [0.717, 1.165) is 24.6 Å². The summed E-state index contributed by atoms with van der Waals surface area (Å²) < 4.78 is 5.78. The molecule has 0 aromatic carbocycles. The number of nitrogens with zero attached hydrogens (tertiary/aromatic N) is 1. The summed E-state index contributed by atoms with van der Waals surface area (Å²) >= 11 is 0. The van der Waals surface area contributed by atoms with E-state index in [2.05, 4.69) is 37.1 Å². The van der Waals surface area contributed by atoms with E-state index in [9.17, 15) is 0 Å². The van der Waals surface area contributed by atoms with E-state index >= 15 is 0 Å². The van der Waals surface area contributed by atoms with Crippen LogP contribution in [0.1, 0.15) is 56.6 Å². The lowest BCUT2D eigenvalue weighted by molar-refractivity contribution is 0.255. The van der Waals surface area contributed by atoms with Crippen LogP contribution < -0.4 is 5.32 Å². The third-order valence-corrected chi connectivity index (χ3v) is 3.47. The molecule has 0 saturated heterocycles. The van der Waals surface area contributed by atoms with Crippen molar-refractivity contribution in [3.05, 3.63) is 23.2 Å². The maximum Gasteiger partial charge on any atom is 0.118 e. The van der Waals surface area contributed by atoms with Gasteiger partial charge in [-0.1, -0.05) is 26.7 Å². The number of rotatable bonds is 10. The van der Waals surface area contributed by atoms with Crippen molar-refractivity contribution in [1.82, 2.24) is 10.2 Å². The highest BCUT2D eigenvalue weighted by molar-refractivity contribution is 5.20. The van der Waals surface area contributed by atoms with Gasteiger partial charge in [0.2, 0.25) is 0 Å². The zero-order chi connectivity index (χ0) is 14.1. The summed E-state index contributed by atoms with van der Waals surface area (Å²) in [6, 6.07) is 2.21. The molecule has 19 heavy (non-hydrogen) atoms. The monoisotopic (exact) mass is 266 g/mol. The van der Waals surface area contributed by atoms with Crippen molar-refractivity contribution in [3.8, 4) is 0 Å². The Kier molecular flexibility index (Phi) is 7.84. The molecular formula is C16H30N2O. The molecule has 0 fully saturated rings. The van der Waals surface area contributed by atoms with Crippen molar-refractivity contribution in [1.29, 1.82) is 0 Å². The van der Waals surface area contributed by atoms with Crippen LogP contribution in [-0.4, -0.2) is 25.0 Å². The minimum absolute atomic E-state index is 0.810. The first-order valence-electron chi connectivity index (χ1n) is 7.66. The largest absolute Gasteiger partial charge is 0.465 e. The normalized spacial score (nSPS) is 11.4. The summed E-state index contributed by atoms with van der Waals surface area (Å²) in [7, 11) is 1.95. The van der Waals surface area contributed by atoms with Gasteiger partial charge in [-0.25, -0.2) is 0 Å². The highest BCUT2D eigenvalue weighted by atomic mass is 16.3. The molecule has 0 aliphatic rings. The lowest BCUT2D eigenvalue weighted by Crippen LogP contribution is -2.25. The molecule has 1 heterocycles. The van der Waals surface area contributed by atoms with Crippen LogP contribution in [0.25, 0.3) is 0 Å². The van der Waals surface area contributed by atoms with Crippen molar-refractivity contribution in [2.24, 2.45) is 0 Å². The molecular weight excluding hydrogens is 236 g/mol. The third-order valence-electron chi connectivity index (χ3n) is 3.47. The van der Waals surface area contributed by atoms with Crippen LogP contribution in [0.15, 0.2) is 10.5 Å². The maximum atomic E-state index is 5.78. The molecule has 1 aromatic heterocycles. The fraction of sp³-hybridized carbons (Fsp3) is 0.750. The van der Waals surface area contributed by atoms with Crippen LogP contribution in [-0.2, 0) is 13.1 Å². The minimum atomic E-state index is 0.810. The van der Waals surface area contributed by atoms with Crippen LogP contribution >= 0.6 is 0 Å². The van der Waals surface area contributed by atoms with Crippen molar-refractivity contribution < 1.29 is 4.42 Å². The molecule has 1 N–H and O–H groups in total. The molecule has 3 heteroatoms. The van der Waals surface area contributed by atoms with Gasteiger partial charge >= 0.3 is 0 Å². The molecule has 0 radical (unpaired) electrons. The van der Waals surface area contributed by atoms with Gasteiger partial charge in [-0.05, 0) is 46.0 Å². The van der Waals surface area contributed by atoms with Crippen LogP contribution in [0.5, 0.6) is 0 Å². The van der Waals surface area contributed by atoms with Gasteiger partial charge in [-0.3, -0.25) is 4.90 Å². The third kappa shape index (κ3) is 5.79. The summed E-state index contributed by atoms with van der Waals surface area (Å²) in [5.74, 6) is 2.11. The predicted octanol–water partition coefficient (Wildman–Crippen LogP) is 3.71. The molecule has 0 unspecified atom stereocenters. The molecule has 0 bridgehead atoms. The lowest BCUT2D eigenvalue weighted by atomic mass is 10.2. The Hall–Kier alpha value is -0.800. The molecule has 0 atom stereocenters. The standard InChI is InChI=1S/C16H30N2O/c1-5-7-9-18(10-8-6-2)13-15-11-16(12-17-4)19-14(15)3/h11,17H,5-10,12-13H2,1-4H3. The number of nitrogens with one attached hydrogen (secondary N) is 1. The Bertz CT molecular complexity index is 339. The average molecular weight is 266 g/mol. The Morgan fingerprint density at radius 1 is 1.16 bits per heavy atom. The summed E-state index contributed by atoms with van der Waals surface area (Å²) in [6.07, 6.45) is 5.09. The Morgan fingerprint density at radius 3 is 2.32 bits per heavy atom. The van der Waals surface area contributed by atoms with E-state index in [1.165, 1.54) is 44.3 Å². The van der Waals surface area contributed by atoms with E-state index in [-0.39, 0.29) is 0 Å². The Morgan fingerprint density at radius 2 is 1.79 bits per heavy atom. The Balaban J connectivity index is 2.60. The van der Waals surface area contributed by atoms with E-state index in [1.54, 1.807) is 0 Å². The predicted molar refractivity (Wildman–Crippen MR) is 81.3 cm³/mol. The maximum absolute atomic E-state index is 5.78. The van der Waals surface area contributed by atoms with Gasteiger partial charge in [0.1, 0.15) is 11.5 Å². The summed E-state index contributed by atoms with van der Waals surface area (Å²) in [5, 5.41) is 3.14. The van der Waals surface area contributed by atoms with Gasteiger partial charge in [-0.2, -0.15) is 0 Å². The number of hydrogen-bond acceptors (Lipinski definition) is 3. The number of aryl methyl sites for hydroxylation is 1. The zero-order valence-corrected chi connectivity index (χ0v) is 13.1. The number of hydrogen-bond donors (Lipinski definition) is 1. The van der Waals surface area contributed by atoms with E-state index in [0.29, 0.717) is 0 Å². The first-order chi connectivity index (χ1) is 9.21. The molecule has 0 amide bonds. The number of unbranched alkanes of at least 4 members (excludes halogenated alkanes) is 2. The molecule has 3 nitrogen and oxygen atoms in total. The van der Waals surface area contributed by atoms with E-state index in [4.69, 9.17) is 4.42 Å². The van der Waals surface area contributed by atoms with Gasteiger partial charge in [0.05, 0.1) is 6.54 Å². The second-order valence-electron chi connectivity index (χ2n) is 5.31. The lowest BCUT2D eigenvalue weighted by Gasteiger charge is -2.21. The van der Waals surface area contributed by atoms with Gasteiger partial charge in [0.25, 0.3) is 0 Å². The SMILES string of the molecule is CCCCN(CCCC)Cc1cc(CNC)oc1C. The highest BCUT2D eigenvalue weighted by Gasteiger charge is 2.11. The smallest absolute Gasteiger partial charge is 0.118 e. The average Bonchev–Trinajstić information content (AvgIpc) is 2.73. The van der Waals surface area contributed by atoms with Crippen LogP contribution in [0, 0.1) is 6.92 Å². The fourth-order valence-corrected chi connectivity index (χ4v) is 2.28. The fourth-order valence-electron chi connectivity index (χ4n) is 2.28. The molecule has 0 spiro atoms. The van der Waals surface area contributed by atoms with Crippen molar-refractivity contribution in [3.63, 3.8) is 0 Å². The van der Waals surface area contributed by atoms with Gasteiger partial charge < -0.3 is 9.73 Å². The minimum Gasteiger partial charge on any atom is -0.465 e. The van der Waals surface area contributed by atoms with Gasteiger partial charge in [0, 0.05) is 12.1 Å².